The van der Waals surface area contributed by atoms with Gasteiger partial charge in [0.25, 0.3) is 0 Å². The Morgan fingerprint density at radius 1 is 1.02 bits per heavy atom. The highest BCUT2D eigenvalue weighted by atomic mass is 35.5. The molecule has 7 nitrogen and oxygen atoms in total. The van der Waals surface area contributed by atoms with Gasteiger partial charge < -0.3 is 15.2 Å². The number of carbonyl (C=O) groups excluding carboxylic acids is 3. The van der Waals surface area contributed by atoms with Gasteiger partial charge in [-0.1, -0.05) is 71.4 Å². The normalized spacial score (nSPS) is 37.0. The van der Waals surface area contributed by atoms with Crippen molar-refractivity contribution in [1.29, 1.82) is 0 Å². The number of ether oxygens (including phenoxy) is 1. The Morgan fingerprint density at radius 3 is 2.40 bits per heavy atom. The van der Waals surface area contributed by atoms with E-state index in [4.69, 9.17) is 16.3 Å². The first kappa shape index (κ1) is 39.0. The summed E-state index contributed by atoms with van der Waals surface area (Å²) in [5.74, 6) is 0.527. The standard InChI is InChI=1S/C44H62ClNO6/c1-26(2)37-31(47)23-44(22-18-35(48)46-25-27-11-9-10-12-30(27)45)21-15-29-28(38(37)44)13-14-33-42(29,7)19-16-32-41(5,6)34(17-20-43(32,33)8)52-36(49)24-40(3,4)39(50)51/h9,11,18,22,26,28-29,32-34H,10,12-17,19-21,23-25H2,1-8H3,(H,46,48)(H,50,51)/b22-18+. The van der Waals surface area contributed by atoms with Crippen LogP contribution in [0.25, 0.3) is 0 Å². The summed E-state index contributed by atoms with van der Waals surface area (Å²) in [4.78, 5) is 51.8. The molecule has 0 aromatic carbocycles. The Hall–Kier alpha value is -2.67. The number of Topliss-reactive ketones (excluding diaryl/α,β-unsaturated/α-hetero) is 1. The van der Waals surface area contributed by atoms with Crippen molar-refractivity contribution in [2.75, 3.05) is 6.54 Å². The van der Waals surface area contributed by atoms with E-state index in [-0.39, 0.29) is 46.4 Å². The summed E-state index contributed by atoms with van der Waals surface area (Å²) in [6.45, 7) is 17.4. The Labute approximate surface area is 316 Å². The summed E-state index contributed by atoms with van der Waals surface area (Å²) in [5.41, 5.74) is 1.71. The topological polar surface area (TPSA) is 110 Å². The Morgan fingerprint density at radius 2 is 1.73 bits per heavy atom. The van der Waals surface area contributed by atoms with Gasteiger partial charge in [0, 0.05) is 28.8 Å². The van der Waals surface area contributed by atoms with Crippen LogP contribution in [0, 0.1) is 56.7 Å². The number of allylic oxidation sites excluding steroid dienone is 5. The van der Waals surface area contributed by atoms with Crippen molar-refractivity contribution in [3.05, 3.63) is 46.1 Å². The Kier molecular flexibility index (Phi) is 10.4. The number of fused-ring (bicyclic) bond motifs is 7. The smallest absolute Gasteiger partial charge is 0.309 e. The second kappa shape index (κ2) is 13.9. The summed E-state index contributed by atoms with van der Waals surface area (Å²) >= 11 is 6.42. The van der Waals surface area contributed by atoms with Gasteiger partial charge in [0.2, 0.25) is 5.91 Å². The van der Waals surface area contributed by atoms with Gasteiger partial charge in [-0.3, -0.25) is 19.2 Å². The zero-order valence-electron chi connectivity index (χ0n) is 32.8. The fourth-order valence-electron chi connectivity index (χ4n) is 12.7. The molecule has 0 aliphatic heterocycles. The van der Waals surface area contributed by atoms with Crippen molar-refractivity contribution in [3.63, 3.8) is 0 Å². The molecule has 8 atom stereocenters. The third-order valence-corrected chi connectivity index (χ3v) is 15.7. The monoisotopic (exact) mass is 735 g/mol. The van der Waals surface area contributed by atoms with Crippen molar-refractivity contribution in [2.24, 2.45) is 56.7 Å². The highest BCUT2D eigenvalue weighted by Crippen LogP contribution is 2.73. The lowest BCUT2D eigenvalue weighted by Gasteiger charge is -2.68. The average Bonchev–Trinajstić information content (AvgIpc) is 3.37. The maximum atomic E-state index is 13.9. The van der Waals surface area contributed by atoms with Crippen LogP contribution in [-0.4, -0.2) is 41.4 Å². The van der Waals surface area contributed by atoms with E-state index in [9.17, 15) is 24.3 Å². The third-order valence-electron chi connectivity index (χ3n) is 15.2. The molecule has 0 bridgehead atoms. The van der Waals surface area contributed by atoms with E-state index in [1.165, 1.54) is 5.57 Å². The first-order valence-corrected chi connectivity index (χ1v) is 20.4. The highest BCUT2D eigenvalue weighted by Gasteiger charge is 2.66. The van der Waals surface area contributed by atoms with Crippen LogP contribution in [0.5, 0.6) is 0 Å². The predicted octanol–water partition coefficient (Wildman–Crippen LogP) is 9.51. The number of rotatable bonds is 9. The molecule has 0 aromatic heterocycles. The van der Waals surface area contributed by atoms with Gasteiger partial charge in [0.1, 0.15) is 6.10 Å². The molecule has 52 heavy (non-hydrogen) atoms. The van der Waals surface area contributed by atoms with Crippen LogP contribution in [0.15, 0.2) is 46.1 Å². The lowest BCUT2D eigenvalue weighted by atomic mass is 9.36. The number of ketones is 1. The first-order chi connectivity index (χ1) is 24.3. The molecule has 0 spiro atoms. The summed E-state index contributed by atoms with van der Waals surface area (Å²) < 4.78 is 6.14. The fourth-order valence-corrected chi connectivity index (χ4v) is 12.9. The second-order valence-corrected chi connectivity index (χ2v) is 19.8. The van der Waals surface area contributed by atoms with E-state index in [0.717, 1.165) is 80.4 Å². The first-order valence-electron chi connectivity index (χ1n) is 20.0. The zero-order valence-corrected chi connectivity index (χ0v) is 33.6. The largest absolute Gasteiger partial charge is 0.481 e. The van der Waals surface area contributed by atoms with E-state index in [1.54, 1.807) is 19.9 Å². The number of halogens is 1. The Bertz CT molecular complexity index is 1630. The predicted molar refractivity (Wildman–Crippen MR) is 204 cm³/mol. The van der Waals surface area contributed by atoms with Gasteiger partial charge in [-0.05, 0) is 141 Å². The Balaban J connectivity index is 1.22. The van der Waals surface area contributed by atoms with Crippen molar-refractivity contribution >= 4 is 35.2 Å². The van der Waals surface area contributed by atoms with Crippen molar-refractivity contribution < 1.29 is 29.0 Å². The van der Waals surface area contributed by atoms with Gasteiger partial charge in [0.15, 0.2) is 5.78 Å². The lowest BCUT2D eigenvalue weighted by molar-refractivity contribution is -0.213. The summed E-state index contributed by atoms with van der Waals surface area (Å²) in [5, 5.41) is 13.4. The number of nitrogens with one attached hydrogen (secondary N) is 1. The minimum absolute atomic E-state index is 0.0872. The second-order valence-electron chi connectivity index (χ2n) is 19.3. The van der Waals surface area contributed by atoms with E-state index in [2.05, 4.69) is 59.0 Å². The highest BCUT2D eigenvalue weighted by molar-refractivity contribution is 6.30. The number of hydrogen-bond donors (Lipinski definition) is 2. The number of esters is 1. The number of carbonyl (C=O) groups is 4. The van der Waals surface area contributed by atoms with E-state index in [1.807, 2.05) is 6.08 Å². The van der Waals surface area contributed by atoms with Crippen molar-refractivity contribution in [2.45, 2.75) is 139 Å². The van der Waals surface area contributed by atoms with E-state index >= 15 is 0 Å². The van der Waals surface area contributed by atoms with Gasteiger partial charge in [-0.15, -0.1) is 0 Å². The molecule has 0 aromatic rings. The lowest BCUT2D eigenvalue weighted by Crippen LogP contribution is -2.63. The number of aliphatic carboxylic acids is 1. The van der Waals surface area contributed by atoms with Crippen LogP contribution >= 0.6 is 11.6 Å². The average molecular weight is 736 g/mol. The summed E-state index contributed by atoms with van der Waals surface area (Å²) in [6, 6.07) is 0. The zero-order chi connectivity index (χ0) is 38.0. The number of carboxylic acid groups (broad SMARTS) is 1. The molecule has 0 radical (unpaired) electrons. The molecule has 0 saturated heterocycles. The maximum absolute atomic E-state index is 13.9. The van der Waals surface area contributed by atoms with Crippen molar-refractivity contribution in [1.82, 2.24) is 5.32 Å². The quantitative estimate of drug-likeness (QED) is 0.180. The molecule has 2 N–H and O–H groups in total. The molecule has 0 heterocycles. The molecule has 1 amide bonds. The molecular weight excluding hydrogens is 674 g/mol. The molecule has 4 fully saturated rings. The molecule has 8 heteroatoms. The van der Waals surface area contributed by atoms with Gasteiger partial charge in [-0.2, -0.15) is 0 Å². The summed E-state index contributed by atoms with van der Waals surface area (Å²) in [7, 11) is 0. The van der Waals surface area contributed by atoms with Gasteiger partial charge in [-0.25, -0.2) is 0 Å². The molecule has 6 aliphatic carbocycles. The van der Waals surface area contributed by atoms with Crippen molar-refractivity contribution in [3.8, 4) is 0 Å². The van der Waals surface area contributed by atoms with E-state index < -0.39 is 22.8 Å². The van der Waals surface area contributed by atoms with Crippen LogP contribution in [0.1, 0.15) is 132 Å². The van der Waals surface area contributed by atoms with Gasteiger partial charge in [0.05, 0.1) is 11.8 Å². The molecule has 6 rings (SSSR count). The minimum atomic E-state index is -1.16. The molecule has 286 valence electrons. The SMILES string of the molecule is CC(C)C1=C2C3CCC4C(C)(CCC5C(C)(C)C(OC(=O)CC(C)(C)C(=O)O)CCC54C)C3CCC2(/C=C/C(=O)NCC2=C(Cl)CCC=C2)CC1=O. The molecule has 6 aliphatic rings. The van der Waals surface area contributed by atoms with Crippen LogP contribution in [0.4, 0.5) is 0 Å². The number of hydrogen-bond acceptors (Lipinski definition) is 5. The van der Waals surface area contributed by atoms with Crippen LogP contribution in [0.3, 0.4) is 0 Å². The van der Waals surface area contributed by atoms with Crippen LogP contribution < -0.4 is 5.32 Å². The van der Waals surface area contributed by atoms with Gasteiger partial charge >= 0.3 is 11.9 Å². The molecule has 8 unspecified atom stereocenters. The summed E-state index contributed by atoms with van der Waals surface area (Å²) in [6.07, 6.45) is 17.7. The fraction of sp³-hybridized carbons (Fsp3) is 0.727. The van der Waals surface area contributed by atoms with Crippen LogP contribution in [0.2, 0.25) is 0 Å². The molecule has 4 saturated carbocycles. The maximum Gasteiger partial charge on any atom is 0.309 e. The number of amides is 1. The third kappa shape index (κ3) is 6.57. The molecular formula is C44H62ClNO6. The number of carboxylic acids is 1. The van der Waals surface area contributed by atoms with E-state index in [0.29, 0.717) is 36.6 Å². The minimum Gasteiger partial charge on any atom is -0.481 e. The van der Waals surface area contributed by atoms with Crippen LogP contribution in [-0.2, 0) is 23.9 Å².